The Morgan fingerprint density at radius 2 is 0.370 bits per heavy atom. The second-order valence-electron chi connectivity index (χ2n) is 27.8. The fourth-order valence-electron chi connectivity index (χ4n) is 17.5. The number of anilines is 12. The van der Waals surface area contributed by atoms with Gasteiger partial charge in [0.1, 0.15) is 0 Å². The Hall–Kier alpha value is -11.7. The van der Waals surface area contributed by atoms with Gasteiger partial charge in [0, 0.05) is 79.1 Å². The van der Waals surface area contributed by atoms with Crippen LogP contribution in [0.5, 0.6) is 0 Å². The van der Waals surface area contributed by atoms with Gasteiger partial charge in [-0.3, -0.25) is 0 Å². The van der Waals surface area contributed by atoms with Crippen LogP contribution in [0.4, 0.5) is 68.2 Å². The van der Waals surface area contributed by atoms with Gasteiger partial charge in [0.05, 0.1) is 0 Å². The van der Waals surface area contributed by atoms with Crippen LogP contribution in [0.2, 0.25) is 0 Å². The van der Waals surface area contributed by atoms with Gasteiger partial charge in [0.25, 0.3) is 0 Å². The second kappa shape index (κ2) is 25.9. The fraction of sp³-hybridized carbons (Fsp3) is 0.125. The third-order valence-corrected chi connectivity index (χ3v) is 22.2. The standard InChI is InChI=1S/C96H78N4/c1-7-23-69(24-8-1)71-35-43-77(44-36-71)97(81-51-55-83(56-52-81)99(75-27-11-3-12-28-75)85-59-61-89-87-31-15-17-33-91(87)95(93(89)67-85)63-19-5-20-64-95)79-47-39-73(40-48-79)74-41-49-80(50-42-74)98(78-45-37-72(38-46-78)70-25-9-2-10-26-70)82-53-57-84(58-54-82)100(76-29-13-4-14-30-76)86-60-62-90-88-32-16-18-34-92(88)96(94(90)68-86)65-21-6-22-66-96/h1-4,7-18,23-62,67-68H,5-6,19-22,63-66H2. The van der Waals surface area contributed by atoms with E-state index in [1.54, 1.807) is 0 Å². The lowest BCUT2D eigenvalue weighted by Crippen LogP contribution is -2.28. The van der Waals surface area contributed by atoms with Crippen molar-refractivity contribution in [2.75, 3.05) is 19.6 Å². The summed E-state index contributed by atoms with van der Waals surface area (Å²) in [5.74, 6) is 0. The number of rotatable bonds is 15. The van der Waals surface area contributed by atoms with Gasteiger partial charge >= 0.3 is 0 Å². The van der Waals surface area contributed by atoms with Crippen LogP contribution in [0.25, 0.3) is 55.6 Å². The Morgan fingerprint density at radius 1 is 0.160 bits per heavy atom. The summed E-state index contributed by atoms with van der Waals surface area (Å²) in [6.45, 7) is 0. The Morgan fingerprint density at radius 3 is 0.670 bits per heavy atom. The molecule has 4 heteroatoms. The first kappa shape index (κ1) is 60.7. The maximum absolute atomic E-state index is 2.52. The highest BCUT2D eigenvalue weighted by atomic mass is 15.2. The average molecular weight is 1290 g/mol. The highest BCUT2D eigenvalue weighted by Gasteiger charge is 2.45. The van der Waals surface area contributed by atoms with Gasteiger partial charge in [-0.15, -0.1) is 0 Å². The molecule has 4 aliphatic rings. The van der Waals surface area contributed by atoms with Crippen LogP contribution in [-0.2, 0) is 10.8 Å². The average Bonchev–Trinajstić information content (AvgIpc) is 1.56. The van der Waals surface area contributed by atoms with E-state index in [0.29, 0.717) is 0 Å². The third-order valence-electron chi connectivity index (χ3n) is 22.2. The van der Waals surface area contributed by atoms with Crippen LogP contribution in [-0.4, -0.2) is 0 Å². The predicted octanol–water partition coefficient (Wildman–Crippen LogP) is 27.0. The first-order valence-corrected chi connectivity index (χ1v) is 36.0. The molecule has 0 radical (unpaired) electrons. The number of hydrogen-bond acceptors (Lipinski definition) is 4. The van der Waals surface area contributed by atoms with Crippen molar-refractivity contribution in [1.82, 2.24) is 0 Å². The molecule has 0 saturated heterocycles. The monoisotopic (exact) mass is 1290 g/mol. The SMILES string of the molecule is c1ccc(-c2ccc(N(c3ccc(-c4ccc(N(c5ccc(-c6ccccc6)cc5)c5ccc(N(c6ccccc6)c6ccc7c(c6)C6(CCCCC6)c6ccccc6-7)cc5)cc4)cc3)c3ccc(N(c4ccccc4)c4ccc5c(c4)C4(CCCCC4)c4ccccc4-5)cc3)cc2)cc1. The first-order valence-electron chi connectivity index (χ1n) is 36.0. The van der Waals surface area contributed by atoms with Crippen LogP contribution in [0.15, 0.2) is 352 Å². The second-order valence-corrected chi connectivity index (χ2v) is 27.8. The topological polar surface area (TPSA) is 13.0 Å². The number of hydrogen-bond donors (Lipinski definition) is 0. The summed E-state index contributed by atoms with van der Waals surface area (Å²) < 4.78 is 0. The van der Waals surface area contributed by atoms with Crippen LogP contribution in [0.1, 0.15) is 86.5 Å². The Bertz CT molecular complexity index is 4860. The molecular weight excluding hydrogens is 1210 g/mol. The van der Waals surface area contributed by atoms with Crippen molar-refractivity contribution in [2.45, 2.75) is 75.0 Å². The van der Waals surface area contributed by atoms with E-state index in [4.69, 9.17) is 0 Å². The Balaban J connectivity index is 0.674. The molecule has 4 nitrogen and oxygen atoms in total. The van der Waals surface area contributed by atoms with Gasteiger partial charge in [0.15, 0.2) is 0 Å². The summed E-state index contributed by atoms with van der Waals surface area (Å²) in [4.78, 5) is 9.67. The quantitative estimate of drug-likeness (QED) is 0.101. The van der Waals surface area contributed by atoms with Crippen molar-refractivity contribution in [2.24, 2.45) is 0 Å². The van der Waals surface area contributed by atoms with Crippen molar-refractivity contribution < 1.29 is 0 Å². The molecule has 0 atom stereocenters. The van der Waals surface area contributed by atoms with E-state index >= 15 is 0 Å². The van der Waals surface area contributed by atoms with E-state index in [1.165, 1.54) is 142 Å². The molecule has 0 unspecified atom stereocenters. The summed E-state index contributed by atoms with van der Waals surface area (Å²) in [5, 5.41) is 0. The number of fused-ring (bicyclic) bond motifs is 10. The molecule has 0 aliphatic heterocycles. The zero-order valence-electron chi connectivity index (χ0n) is 56.3. The van der Waals surface area contributed by atoms with E-state index in [1.807, 2.05) is 0 Å². The molecule has 100 heavy (non-hydrogen) atoms. The molecule has 0 aromatic heterocycles. The molecule has 0 amide bonds. The highest BCUT2D eigenvalue weighted by molar-refractivity contribution is 5.90. The molecule has 18 rings (SSSR count). The Kier molecular flexibility index (Phi) is 15.7. The maximum Gasteiger partial charge on any atom is 0.0465 e. The van der Waals surface area contributed by atoms with Gasteiger partial charge in [-0.25, -0.2) is 0 Å². The van der Waals surface area contributed by atoms with Crippen LogP contribution < -0.4 is 19.6 Å². The zero-order chi connectivity index (χ0) is 66.4. The van der Waals surface area contributed by atoms with E-state index in [2.05, 4.69) is 371 Å². The van der Waals surface area contributed by atoms with Crippen molar-refractivity contribution in [3.63, 3.8) is 0 Å². The molecule has 2 spiro atoms. The van der Waals surface area contributed by atoms with Crippen molar-refractivity contribution in [1.29, 1.82) is 0 Å². The number of para-hydroxylation sites is 2. The molecule has 482 valence electrons. The smallest absolute Gasteiger partial charge is 0.0465 e. The molecule has 0 N–H and O–H groups in total. The minimum Gasteiger partial charge on any atom is -0.311 e. The number of nitrogens with zero attached hydrogens (tertiary/aromatic N) is 4. The molecular formula is C96H78N4. The molecule has 14 aromatic carbocycles. The highest BCUT2D eigenvalue weighted by Crippen LogP contribution is 2.59. The van der Waals surface area contributed by atoms with Crippen molar-refractivity contribution in [3.8, 4) is 55.6 Å². The van der Waals surface area contributed by atoms with Gasteiger partial charge in [-0.1, -0.05) is 245 Å². The maximum atomic E-state index is 2.52. The summed E-state index contributed by atoms with van der Waals surface area (Å²) in [7, 11) is 0. The zero-order valence-corrected chi connectivity index (χ0v) is 56.3. The molecule has 2 saturated carbocycles. The van der Waals surface area contributed by atoms with Gasteiger partial charge < -0.3 is 19.6 Å². The summed E-state index contributed by atoms with van der Waals surface area (Å²) in [5.41, 5.74) is 32.1. The Labute approximate surface area is 589 Å². The van der Waals surface area contributed by atoms with E-state index in [9.17, 15) is 0 Å². The normalized spacial score (nSPS) is 14.4. The summed E-state index contributed by atoms with van der Waals surface area (Å²) >= 11 is 0. The molecule has 0 heterocycles. The summed E-state index contributed by atoms with van der Waals surface area (Å²) in [6.07, 6.45) is 12.4. The predicted molar refractivity (Wildman–Crippen MR) is 420 cm³/mol. The minimum atomic E-state index is 0.0543. The largest absolute Gasteiger partial charge is 0.311 e. The lowest BCUT2D eigenvalue weighted by molar-refractivity contribution is 0.353. The van der Waals surface area contributed by atoms with Crippen LogP contribution >= 0.6 is 0 Å². The molecule has 14 aromatic rings. The minimum absolute atomic E-state index is 0.0543. The molecule has 0 bridgehead atoms. The van der Waals surface area contributed by atoms with E-state index in [0.717, 1.165) is 68.0 Å². The van der Waals surface area contributed by atoms with E-state index < -0.39 is 0 Å². The first-order chi connectivity index (χ1) is 49.5. The van der Waals surface area contributed by atoms with Gasteiger partial charge in [0.2, 0.25) is 0 Å². The third kappa shape index (κ3) is 10.9. The fourth-order valence-corrected chi connectivity index (χ4v) is 17.5. The van der Waals surface area contributed by atoms with Crippen LogP contribution in [0, 0.1) is 0 Å². The number of benzene rings is 14. The molecule has 2 fully saturated rings. The van der Waals surface area contributed by atoms with Gasteiger partial charge in [-0.05, 0) is 249 Å². The lowest BCUT2D eigenvalue weighted by Gasteiger charge is -2.36. The van der Waals surface area contributed by atoms with Crippen molar-refractivity contribution in [3.05, 3.63) is 374 Å². The van der Waals surface area contributed by atoms with Crippen LogP contribution in [0.3, 0.4) is 0 Å². The van der Waals surface area contributed by atoms with E-state index in [-0.39, 0.29) is 10.8 Å². The van der Waals surface area contributed by atoms with Crippen molar-refractivity contribution >= 4 is 68.2 Å². The summed E-state index contributed by atoms with van der Waals surface area (Å²) in [6, 6.07) is 131. The lowest BCUT2D eigenvalue weighted by atomic mass is 9.68. The molecule has 4 aliphatic carbocycles. The van der Waals surface area contributed by atoms with Gasteiger partial charge in [-0.2, -0.15) is 0 Å².